The molecule has 0 saturated heterocycles. The van der Waals surface area contributed by atoms with Gasteiger partial charge in [-0.2, -0.15) is 0 Å². The summed E-state index contributed by atoms with van der Waals surface area (Å²) in [5.41, 5.74) is 5.67. The van der Waals surface area contributed by atoms with Gasteiger partial charge in [0, 0.05) is 13.3 Å². The van der Waals surface area contributed by atoms with E-state index in [0.717, 1.165) is 0 Å². The van der Waals surface area contributed by atoms with E-state index in [1.807, 2.05) is 0 Å². The molecule has 2 N–H and O–H groups in total. The van der Waals surface area contributed by atoms with Crippen LogP contribution in [0.4, 0.5) is 5.69 Å². The van der Waals surface area contributed by atoms with Crippen molar-refractivity contribution in [1.29, 1.82) is 0 Å². The molecule has 0 amide bonds. The molecule has 1 rings (SSSR count). The normalized spacial score (nSPS) is 11.5. The second-order valence-electron chi connectivity index (χ2n) is 2.71. The van der Waals surface area contributed by atoms with Gasteiger partial charge in [0.1, 0.15) is 0 Å². The van der Waals surface area contributed by atoms with Crippen LogP contribution in [0.15, 0.2) is 23.4 Å². The zero-order chi connectivity index (χ0) is 10.6. The highest BCUT2D eigenvalue weighted by molar-refractivity contribution is 7.91. The van der Waals surface area contributed by atoms with Gasteiger partial charge in [0.2, 0.25) is 0 Å². The average molecular weight is 216 g/mol. The standard InChI is InChI=1S/C8H12N2O3S/c1-13-5-6-14(11,12)8-7(9)3-2-4-10-8/h2-4H,5-6,9H2,1H3. The number of hydrogen-bond acceptors (Lipinski definition) is 5. The number of nitrogen functional groups attached to an aromatic ring is 1. The molecule has 1 heterocycles. The zero-order valence-electron chi connectivity index (χ0n) is 7.80. The summed E-state index contributed by atoms with van der Waals surface area (Å²) in [5.74, 6) is -0.106. The lowest BCUT2D eigenvalue weighted by Crippen LogP contribution is -2.14. The predicted molar refractivity (Wildman–Crippen MR) is 52.6 cm³/mol. The number of ether oxygens (including phenoxy) is 1. The van der Waals surface area contributed by atoms with Crippen molar-refractivity contribution in [2.45, 2.75) is 5.03 Å². The molecule has 0 radical (unpaired) electrons. The fraction of sp³-hybridized carbons (Fsp3) is 0.375. The minimum Gasteiger partial charge on any atom is -0.396 e. The Kier molecular flexibility index (Phi) is 3.43. The summed E-state index contributed by atoms with van der Waals surface area (Å²) in [5, 5.41) is -0.0722. The monoisotopic (exact) mass is 216 g/mol. The molecule has 0 aliphatic carbocycles. The van der Waals surface area contributed by atoms with Crippen molar-refractivity contribution in [3.8, 4) is 0 Å². The first-order valence-electron chi connectivity index (χ1n) is 4.00. The molecule has 0 unspecified atom stereocenters. The summed E-state index contributed by atoms with van der Waals surface area (Å²) < 4.78 is 27.9. The lowest BCUT2D eigenvalue weighted by atomic mass is 10.4. The Morgan fingerprint density at radius 3 is 2.86 bits per heavy atom. The maximum absolute atomic E-state index is 11.6. The third kappa shape index (κ3) is 2.43. The van der Waals surface area contributed by atoms with Gasteiger partial charge in [-0.3, -0.25) is 0 Å². The lowest BCUT2D eigenvalue weighted by molar-refractivity contribution is 0.217. The van der Waals surface area contributed by atoms with Gasteiger partial charge < -0.3 is 10.5 Å². The summed E-state index contributed by atoms with van der Waals surface area (Å²) in [6.45, 7) is 0.137. The number of rotatable bonds is 4. The first-order valence-corrected chi connectivity index (χ1v) is 5.65. The number of aromatic nitrogens is 1. The Hall–Kier alpha value is -1.14. The van der Waals surface area contributed by atoms with E-state index >= 15 is 0 Å². The highest BCUT2D eigenvalue weighted by atomic mass is 32.2. The van der Waals surface area contributed by atoms with Crippen molar-refractivity contribution in [2.75, 3.05) is 25.2 Å². The third-order valence-electron chi connectivity index (χ3n) is 1.65. The molecule has 78 valence electrons. The number of nitrogens with zero attached hydrogens (tertiary/aromatic N) is 1. The summed E-state index contributed by atoms with van der Waals surface area (Å²) in [4.78, 5) is 3.73. The number of methoxy groups -OCH3 is 1. The second kappa shape index (κ2) is 4.39. The maximum atomic E-state index is 11.6. The van der Waals surface area contributed by atoms with Crippen LogP contribution in [0.1, 0.15) is 0 Å². The van der Waals surface area contributed by atoms with Gasteiger partial charge in [-0.05, 0) is 12.1 Å². The molecule has 1 aromatic rings. The van der Waals surface area contributed by atoms with Gasteiger partial charge in [-0.25, -0.2) is 13.4 Å². The highest BCUT2D eigenvalue weighted by Crippen LogP contribution is 2.15. The summed E-state index contributed by atoms with van der Waals surface area (Å²) in [6, 6.07) is 3.09. The van der Waals surface area contributed by atoms with Crippen molar-refractivity contribution in [3.63, 3.8) is 0 Å². The van der Waals surface area contributed by atoms with Gasteiger partial charge in [-0.15, -0.1) is 0 Å². The fourth-order valence-corrected chi connectivity index (χ4v) is 2.18. The van der Waals surface area contributed by atoms with Crippen molar-refractivity contribution in [1.82, 2.24) is 4.98 Å². The van der Waals surface area contributed by atoms with Crippen LogP contribution in [-0.4, -0.2) is 32.9 Å². The van der Waals surface area contributed by atoms with Crippen LogP contribution in [0.3, 0.4) is 0 Å². The maximum Gasteiger partial charge on any atom is 0.199 e. The van der Waals surface area contributed by atoms with Crippen molar-refractivity contribution < 1.29 is 13.2 Å². The van der Waals surface area contributed by atoms with Crippen LogP contribution >= 0.6 is 0 Å². The molecule has 5 nitrogen and oxygen atoms in total. The topological polar surface area (TPSA) is 82.3 Å². The molecule has 14 heavy (non-hydrogen) atoms. The fourth-order valence-electron chi connectivity index (χ4n) is 0.953. The number of pyridine rings is 1. The van der Waals surface area contributed by atoms with Crippen LogP contribution in [0, 0.1) is 0 Å². The number of anilines is 1. The van der Waals surface area contributed by atoms with Crippen LogP contribution in [0.2, 0.25) is 0 Å². The van der Waals surface area contributed by atoms with E-state index in [1.165, 1.54) is 19.4 Å². The third-order valence-corrected chi connectivity index (χ3v) is 3.29. The largest absolute Gasteiger partial charge is 0.396 e. The SMILES string of the molecule is COCCS(=O)(=O)c1ncccc1N. The van der Waals surface area contributed by atoms with Crippen LogP contribution < -0.4 is 5.73 Å². The Balaban J connectivity index is 2.99. The van der Waals surface area contributed by atoms with E-state index < -0.39 is 9.84 Å². The molecule has 1 aromatic heterocycles. The molecule has 0 fully saturated rings. The molecule has 0 aromatic carbocycles. The van der Waals surface area contributed by atoms with Crippen molar-refractivity contribution >= 4 is 15.5 Å². The Labute approximate surface area is 82.8 Å². The van der Waals surface area contributed by atoms with Crippen LogP contribution in [-0.2, 0) is 14.6 Å². The molecule has 0 aliphatic rings. The average Bonchev–Trinajstić information content (AvgIpc) is 2.15. The van der Waals surface area contributed by atoms with Crippen molar-refractivity contribution in [3.05, 3.63) is 18.3 Å². The summed E-state index contributed by atoms with van der Waals surface area (Å²) >= 11 is 0. The van der Waals surface area contributed by atoms with Gasteiger partial charge in [0.25, 0.3) is 0 Å². The van der Waals surface area contributed by atoms with Gasteiger partial charge in [0.05, 0.1) is 18.0 Å². The number of hydrogen-bond donors (Lipinski definition) is 1. The summed E-state index contributed by atoms with van der Waals surface area (Å²) in [6.07, 6.45) is 1.40. The lowest BCUT2D eigenvalue weighted by Gasteiger charge is -2.04. The molecule has 0 bridgehead atoms. The van der Waals surface area contributed by atoms with Gasteiger partial charge in [-0.1, -0.05) is 0 Å². The second-order valence-corrected chi connectivity index (χ2v) is 4.73. The van der Waals surface area contributed by atoms with Crippen LogP contribution in [0.25, 0.3) is 0 Å². The van der Waals surface area contributed by atoms with E-state index in [-0.39, 0.29) is 23.1 Å². The van der Waals surface area contributed by atoms with Crippen LogP contribution in [0.5, 0.6) is 0 Å². The Bertz CT molecular complexity index is 403. The minimum atomic E-state index is -3.41. The number of sulfone groups is 1. The Morgan fingerprint density at radius 2 is 2.29 bits per heavy atom. The smallest absolute Gasteiger partial charge is 0.199 e. The first kappa shape index (κ1) is 10.9. The van der Waals surface area contributed by atoms with Gasteiger partial charge in [0.15, 0.2) is 14.9 Å². The summed E-state index contributed by atoms with van der Waals surface area (Å²) in [7, 11) is -1.97. The van der Waals surface area contributed by atoms with E-state index in [1.54, 1.807) is 6.07 Å². The zero-order valence-corrected chi connectivity index (χ0v) is 8.62. The van der Waals surface area contributed by atoms with E-state index in [4.69, 9.17) is 10.5 Å². The van der Waals surface area contributed by atoms with E-state index in [2.05, 4.69) is 4.98 Å². The van der Waals surface area contributed by atoms with E-state index in [0.29, 0.717) is 0 Å². The molecule has 0 aliphatic heterocycles. The quantitative estimate of drug-likeness (QED) is 0.771. The minimum absolute atomic E-state index is 0.0722. The van der Waals surface area contributed by atoms with Crippen molar-refractivity contribution in [2.24, 2.45) is 0 Å². The Morgan fingerprint density at radius 1 is 1.57 bits per heavy atom. The number of nitrogens with two attached hydrogens (primary N) is 1. The predicted octanol–water partition coefficient (Wildman–Crippen LogP) is 0.0839. The van der Waals surface area contributed by atoms with E-state index in [9.17, 15) is 8.42 Å². The molecular weight excluding hydrogens is 204 g/mol. The molecule has 0 spiro atoms. The molecule has 0 saturated carbocycles. The van der Waals surface area contributed by atoms with Gasteiger partial charge >= 0.3 is 0 Å². The highest BCUT2D eigenvalue weighted by Gasteiger charge is 2.18. The molecule has 6 heteroatoms. The molecular formula is C8H12N2O3S. The first-order chi connectivity index (χ1) is 6.58. The molecule has 0 atom stereocenters.